The van der Waals surface area contributed by atoms with E-state index in [9.17, 15) is 24.1 Å². The normalized spacial score (nSPS) is 10.2. The molecule has 0 unspecified atom stereocenters. The first-order valence-corrected chi connectivity index (χ1v) is 5.18. The van der Waals surface area contributed by atoms with Crippen molar-refractivity contribution in [3.05, 3.63) is 62.3 Å². The number of nitro groups is 1. The van der Waals surface area contributed by atoms with Gasteiger partial charge in [0, 0.05) is 24.4 Å². The molecule has 0 spiro atoms. The molecule has 9 heteroatoms. The van der Waals surface area contributed by atoms with Crippen LogP contribution in [-0.2, 0) is 0 Å². The van der Waals surface area contributed by atoms with E-state index in [-0.39, 0.29) is 5.69 Å². The number of non-ortho nitro benzene ring substituents is 1. The molecule has 0 atom stereocenters. The van der Waals surface area contributed by atoms with Gasteiger partial charge >= 0.3 is 5.97 Å². The van der Waals surface area contributed by atoms with Crippen molar-refractivity contribution in [2.45, 2.75) is 0 Å². The predicted octanol–water partition coefficient (Wildman–Crippen LogP) is 0.978. The Hall–Kier alpha value is -3.10. The number of carbonyl (C=O) groups is 1. The molecule has 0 saturated carbocycles. The second-order valence-electron chi connectivity index (χ2n) is 3.67. The van der Waals surface area contributed by atoms with Crippen LogP contribution in [0.5, 0.6) is 0 Å². The average molecular weight is 279 g/mol. The third-order valence-electron chi connectivity index (χ3n) is 2.40. The van der Waals surface area contributed by atoms with Crippen LogP contribution in [0.4, 0.5) is 10.1 Å². The molecule has 0 saturated heterocycles. The first-order valence-electron chi connectivity index (χ1n) is 5.18. The molecule has 0 aliphatic carbocycles. The van der Waals surface area contributed by atoms with Gasteiger partial charge in [-0.2, -0.15) is 5.10 Å². The molecule has 0 radical (unpaired) electrons. The number of hydrogen-bond donors (Lipinski definition) is 1. The molecule has 0 bridgehead atoms. The van der Waals surface area contributed by atoms with Crippen LogP contribution in [0.2, 0.25) is 0 Å². The molecule has 2 rings (SSSR count). The largest absolute Gasteiger partial charge is 0.476 e. The maximum Gasteiger partial charge on any atom is 0.360 e. The maximum absolute atomic E-state index is 13.6. The number of nitro benzene ring substituents is 1. The summed E-state index contributed by atoms with van der Waals surface area (Å²) >= 11 is 0. The van der Waals surface area contributed by atoms with Gasteiger partial charge in [0.25, 0.3) is 5.69 Å². The minimum Gasteiger partial charge on any atom is -0.476 e. The van der Waals surface area contributed by atoms with Gasteiger partial charge in [-0.15, -0.1) is 0 Å². The summed E-state index contributed by atoms with van der Waals surface area (Å²) in [4.78, 5) is 31.9. The lowest BCUT2D eigenvalue weighted by Crippen LogP contribution is -2.20. The Morgan fingerprint density at radius 2 is 2.10 bits per heavy atom. The molecular formula is C11H6FN3O5. The summed E-state index contributed by atoms with van der Waals surface area (Å²) in [5.41, 5.74) is -2.38. The van der Waals surface area contributed by atoms with Gasteiger partial charge in [-0.05, 0) is 6.07 Å². The van der Waals surface area contributed by atoms with Crippen LogP contribution >= 0.6 is 0 Å². The summed E-state index contributed by atoms with van der Waals surface area (Å²) in [5.74, 6) is -2.42. The summed E-state index contributed by atoms with van der Waals surface area (Å²) in [7, 11) is 0. The van der Waals surface area contributed by atoms with Crippen molar-refractivity contribution < 1.29 is 19.2 Å². The SMILES string of the molecule is O=C(O)c1nn(-c2cc([N+](=O)[O-])ccc2F)ccc1=O. The van der Waals surface area contributed by atoms with E-state index in [4.69, 9.17) is 5.11 Å². The monoisotopic (exact) mass is 279 g/mol. The van der Waals surface area contributed by atoms with Crippen molar-refractivity contribution in [3.8, 4) is 5.69 Å². The summed E-state index contributed by atoms with van der Waals surface area (Å²) in [6, 6.07) is 3.58. The van der Waals surface area contributed by atoms with E-state index in [0.29, 0.717) is 0 Å². The van der Waals surface area contributed by atoms with Crippen molar-refractivity contribution >= 4 is 11.7 Å². The number of aromatic nitrogens is 2. The molecule has 20 heavy (non-hydrogen) atoms. The lowest BCUT2D eigenvalue weighted by Gasteiger charge is -2.06. The van der Waals surface area contributed by atoms with Crippen molar-refractivity contribution in [1.29, 1.82) is 0 Å². The third-order valence-corrected chi connectivity index (χ3v) is 2.40. The molecule has 1 aromatic carbocycles. The van der Waals surface area contributed by atoms with Gasteiger partial charge in [0.15, 0.2) is 0 Å². The van der Waals surface area contributed by atoms with Crippen molar-refractivity contribution in [2.24, 2.45) is 0 Å². The number of carboxylic acids is 1. The van der Waals surface area contributed by atoms with Crippen LogP contribution in [-0.4, -0.2) is 25.8 Å². The van der Waals surface area contributed by atoms with Crippen LogP contribution in [0, 0.1) is 15.9 Å². The van der Waals surface area contributed by atoms with Crippen LogP contribution in [0.25, 0.3) is 5.69 Å². The first-order chi connectivity index (χ1) is 9.40. The number of carboxylic acid groups (broad SMARTS) is 1. The highest BCUT2D eigenvalue weighted by molar-refractivity contribution is 5.84. The van der Waals surface area contributed by atoms with E-state index in [0.717, 1.165) is 35.1 Å². The molecule has 1 heterocycles. The highest BCUT2D eigenvalue weighted by Gasteiger charge is 2.15. The zero-order valence-electron chi connectivity index (χ0n) is 9.69. The van der Waals surface area contributed by atoms with Gasteiger partial charge < -0.3 is 5.11 Å². The topological polar surface area (TPSA) is 115 Å². The summed E-state index contributed by atoms with van der Waals surface area (Å²) in [6.07, 6.45) is 1.02. The van der Waals surface area contributed by atoms with Gasteiger partial charge in [0.05, 0.1) is 4.92 Å². The van der Waals surface area contributed by atoms with Crippen molar-refractivity contribution in [2.75, 3.05) is 0 Å². The molecule has 0 aliphatic heterocycles. The van der Waals surface area contributed by atoms with E-state index in [2.05, 4.69) is 5.10 Å². The Morgan fingerprint density at radius 3 is 2.70 bits per heavy atom. The Bertz CT molecular complexity index is 771. The second kappa shape index (κ2) is 4.88. The molecule has 102 valence electrons. The van der Waals surface area contributed by atoms with Crippen LogP contribution in [0.1, 0.15) is 10.5 Å². The number of aromatic carboxylic acids is 1. The van der Waals surface area contributed by atoms with Crippen molar-refractivity contribution in [3.63, 3.8) is 0 Å². The van der Waals surface area contributed by atoms with Gasteiger partial charge in [0.2, 0.25) is 11.1 Å². The Labute approximate surface area is 109 Å². The van der Waals surface area contributed by atoms with E-state index in [1.165, 1.54) is 0 Å². The Balaban J connectivity index is 2.65. The predicted molar refractivity (Wildman–Crippen MR) is 63.4 cm³/mol. The van der Waals surface area contributed by atoms with Gasteiger partial charge in [0.1, 0.15) is 11.5 Å². The summed E-state index contributed by atoms with van der Waals surface area (Å²) in [5, 5.41) is 22.9. The lowest BCUT2D eigenvalue weighted by molar-refractivity contribution is -0.384. The quantitative estimate of drug-likeness (QED) is 0.661. The van der Waals surface area contributed by atoms with Crippen LogP contribution in [0.3, 0.4) is 0 Å². The number of benzene rings is 1. The van der Waals surface area contributed by atoms with Crippen LogP contribution in [0.15, 0.2) is 35.3 Å². The van der Waals surface area contributed by atoms with E-state index < -0.39 is 33.5 Å². The smallest absolute Gasteiger partial charge is 0.360 e. The average Bonchev–Trinajstić information content (AvgIpc) is 2.39. The molecular weight excluding hydrogens is 273 g/mol. The van der Waals surface area contributed by atoms with Crippen molar-refractivity contribution in [1.82, 2.24) is 9.78 Å². The molecule has 1 aromatic heterocycles. The molecule has 8 nitrogen and oxygen atoms in total. The fraction of sp³-hybridized carbons (Fsp3) is 0. The standard InChI is InChI=1S/C11H6FN3O5/c12-7-2-1-6(15(19)20)5-8(7)14-4-3-9(16)10(13-14)11(17)18/h1-5H,(H,17,18). The first kappa shape index (κ1) is 13.3. The molecule has 0 amide bonds. The van der Waals surface area contributed by atoms with E-state index in [1.807, 2.05) is 0 Å². The van der Waals surface area contributed by atoms with Gasteiger partial charge in [-0.1, -0.05) is 0 Å². The fourth-order valence-electron chi connectivity index (χ4n) is 1.48. The fourth-order valence-corrected chi connectivity index (χ4v) is 1.48. The third kappa shape index (κ3) is 2.36. The highest BCUT2D eigenvalue weighted by Crippen LogP contribution is 2.19. The lowest BCUT2D eigenvalue weighted by atomic mass is 10.2. The molecule has 2 aromatic rings. The Morgan fingerprint density at radius 1 is 1.40 bits per heavy atom. The number of rotatable bonds is 3. The zero-order valence-corrected chi connectivity index (χ0v) is 9.69. The van der Waals surface area contributed by atoms with Crippen LogP contribution < -0.4 is 5.43 Å². The van der Waals surface area contributed by atoms with E-state index in [1.54, 1.807) is 0 Å². The number of nitrogens with zero attached hydrogens (tertiary/aromatic N) is 3. The second-order valence-corrected chi connectivity index (χ2v) is 3.67. The molecule has 1 N–H and O–H groups in total. The number of halogens is 1. The van der Waals surface area contributed by atoms with E-state index >= 15 is 0 Å². The molecule has 0 fully saturated rings. The Kier molecular flexibility index (Phi) is 3.25. The summed E-state index contributed by atoms with van der Waals surface area (Å²) in [6.45, 7) is 0. The maximum atomic E-state index is 13.6. The van der Waals surface area contributed by atoms with Gasteiger partial charge in [-0.25, -0.2) is 13.9 Å². The molecule has 0 aliphatic rings. The minimum absolute atomic E-state index is 0.332. The number of hydrogen-bond acceptors (Lipinski definition) is 5. The minimum atomic E-state index is -1.57. The highest BCUT2D eigenvalue weighted by atomic mass is 19.1. The summed E-state index contributed by atoms with van der Waals surface area (Å²) < 4.78 is 14.4. The van der Waals surface area contributed by atoms with Gasteiger partial charge in [-0.3, -0.25) is 14.9 Å². The zero-order chi connectivity index (χ0) is 14.9.